The summed E-state index contributed by atoms with van der Waals surface area (Å²) in [5, 5.41) is 15.6. The van der Waals surface area contributed by atoms with Crippen LogP contribution in [0.2, 0.25) is 0 Å². The second kappa shape index (κ2) is 11.6. The van der Waals surface area contributed by atoms with Crippen LogP contribution in [-0.4, -0.2) is 47.7 Å². The van der Waals surface area contributed by atoms with Gasteiger partial charge in [-0.3, -0.25) is 0 Å². The lowest BCUT2D eigenvalue weighted by Gasteiger charge is -2.24. The molecule has 170 valence electrons. The molecule has 0 spiro atoms. The van der Waals surface area contributed by atoms with E-state index in [1.165, 1.54) is 21.6 Å². The molecule has 0 saturated carbocycles. The Balaban J connectivity index is 0.000000390. The number of carboxylic acids is 2. The smallest absolute Gasteiger partial charge is 0.328 e. The number of carboxylic acid groups (broad SMARTS) is 2. The number of halogens is 1. The van der Waals surface area contributed by atoms with Crippen molar-refractivity contribution in [2.24, 2.45) is 0 Å². The zero-order valence-corrected chi connectivity index (χ0v) is 19.4. The predicted molar refractivity (Wildman–Crippen MR) is 126 cm³/mol. The van der Waals surface area contributed by atoms with Crippen molar-refractivity contribution in [2.45, 2.75) is 36.0 Å². The first-order chi connectivity index (χ1) is 15.1. The Bertz CT molecular complexity index is 1030. The molecule has 2 aromatic carbocycles. The van der Waals surface area contributed by atoms with Crippen molar-refractivity contribution in [3.63, 3.8) is 0 Å². The van der Waals surface area contributed by atoms with E-state index in [4.69, 9.17) is 10.2 Å². The third kappa shape index (κ3) is 7.35. The maximum Gasteiger partial charge on any atom is 0.328 e. The monoisotopic (exact) mass is 457 g/mol. The van der Waals surface area contributed by atoms with Gasteiger partial charge in [-0.05, 0) is 73.0 Å². The minimum Gasteiger partial charge on any atom is -0.478 e. The van der Waals surface area contributed by atoms with Gasteiger partial charge in [-0.25, -0.2) is 14.0 Å². The number of fused-ring (bicyclic) bond motifs is 2. The lowest BCUT2D eigenvalue weighted by atomic mass is 9.92. The first-order valence-corrected chi connectivity index (χ1v) is 11.0. The number of nitrogens with zero attached hydrogens (tertiary/aromatic N) is 1. The second-order valence-corrected chi connectivity index (χ2v) is 8.96. The number of benzene rings is 2. The van der Waals surface area contributed by atoms with Gasteiger partial charge < -0.3 is 15.1 Å². The molecule has 32 heavy (non-hydrogen) atoms. The molecule has 0 aromatic heterocycles. The van der Waals surface area contributed by atoms with Crippen LogP contribution < -0.4 is 0 Å². The molecule has 1 aliphatic rings. The van der Waals surface area contributed by atoms with E-state index in [2.05, 4.69) is 57.1 Å². The van der Waals surface area contributed by atoms with Gasteiger partial charge >= 0.3 is 11.9 Å². The second-order valence-electron chi connectivity index (χ2n) is 7.87. The summed E-state index contributed by atoms with van der Waals surface area (Å²) in [5.74, 6) is -2.19. The number of hydrogen-bond donors (Lipinski definition) is 2. The van der Waals surface area contributed by atoms with Crippen molar-refractivity contribution in [3.05, 3.63) is 77.1 Å². The highest BCUT2D eigenvalue weighted by Crippen LogP contribution is 2.46. The molecule has 0 atom stereocenters. The molecule has 1 heterocycles. The summed E-state index contributed by atoms with van der Waals surface area (Å²) < 4.78 is 13.7. The van der Waals surface area contributed by atoms with E-state index in [9.17, 15) is 14.0 Å². The van der Waals surface area contributed by atoms with Crippen LogP contribution in [0.4, 0.5) is 4.39 Å². The third-order valence-corrected chi connectivity index (χ3v) is 5.84. The largest absolute Gasteiger partial charge is 0.478 e. The van der Waals surface area contributed by atoms with Gasteiger partial charge in [0.1, 0.15) is 5.82 Å². The molecule has 0 fully saturated rings. The molecule has 1 aliphatic heterocycles. The lowest BCUT2D eigenvalue weighted by Crippen LogP contribution is -2.12. The van der Waals surface area contributed by atoms with Gasteiger partial charge in [0, 0.05) is 28.5 Å². The Kier molecular flexibility index (Phi) is 9.23. The van der Waals surface area contributed by atoms with E-state index in [0.717, 1.165) is 23.4 Å². The van der Waals surface area contributed by atoms with Gasteiger partial charge in [-0.1, -0.05) is 43.8 Å². The first kappa shape index (κ1) is 25.4. The Labute approximate surface area is 192 Å². The van der Waals surface area contributed by atoms with Gasteiger partial charge in [-0.15, -0.1) is 0 Å². The highest BCUT2D eigenvalue weighted by molar-refractivity contribution is 7.99. The maximum atomic E-state index is 13.7. The van der Waals surface area contributed by atoms with Crippen molar-refractivity contribution in [1.29, 1.82) is 0 Å². The Morgan fingerprint density at radius 2 is 1.66 bits per heavy atom. The zero-order chi connectivity index (χ0) is 23.8. The summed E-state index contributed by atoms with van der Waals surface area (Å²) in [7, 11) is 4.17. The van der Waals surface area contributed by atoms with Crippen molar-refractivity contribution >= 4 is 29.3 Å². The van der Waals surface area contributed by atoms with Crippen LogP contribution in [0.25, 0.3) is 5.57 Å². The SMILES string of the molecule is CC(C)c1ccc2c(c1)C(=CCCN(C)C)c1ccc(F)cc1S2.O=C(O)C=CC(=O)O. The summed E-state index contributed by atoms with van der Waals surface area (Å²) in [6, 6.07) is 11.8. The average molecular weight is 458 g/mol. The molecule has 7 heteroatoms. The van der Waals surface area contributed by atoms with Crippen LogP contribution in [0.1, 0.15) is 42.9 Å². The van der Waals surface area contributed by atoms with E-state index in [0.29, 0.717) is 18.1 Å². The Morgan fingerprint density at radius 1 is 1.00 bits per heavy atom. The predicted octanol–water partition coefficient (Wildman–Crippen LogP) is 5.51. The molecular weight excluding hydrogens is 429 g/mol. The highest BCUT2D eigenvalue weighted by atomic mass is 32.2. The third-order valence-electron chi connectivity index (χ3n) is 4.71. The number of rotatable bonds is 6. The summed E-state index contributed by atoms with van der Waals surface area (Å²) >= 11 is 1.67. The summed E-state index contributed by atoms with van der Waals surface area (Å²) in [6.45, 7) is 5.44. The fourth-order valence-corrected chi connectivity index (χ4v) is 4.21. The Morgan fingerprint density at radius 3 is 2.22 bits per heavy atom. The summed E-state index contributed by atoms with van der Waals surface area (Å²) in [4.78, 5) is 23.5. The van der Waals surface area contributed by atoms with Gasteiger partial charge in [0.15, 0.2) is 0 Å². The molecule has 0 radical (unpaired) electrons. The number of carbonyl (C=O) groups is 2. The fraction of sp³-hybridized carbons (Fsp3) is 0.280. The average Bonchev–Trinajstić information content (AvgIpc) is 2.71. The van der Waals surface area contributed by atoms with Crippen LogP contribution in [-0.2, 0) is 9.59 Å². The molecular formula is C25H28FNO4S. The molecule has 2 N–H and O–H groups in total. The fourth-order valence-electron chi connectivity index (χ4n) is 3.10. The Hall–Kier alpha value is -2.90. The molecule has 0 saturated heterocycles. The summed E-state index contributed by atoms with van der Waals surface area (Å²) in [6.07, 6.45) is 4.40. The van der Waals surface area contributed by atoms with Crippen molar-refractivity contribution in [1.82, 2.24) is 4.90 Å². The van der Waals surface area contributed by atoms with Gasteiger partial charge in [-0.2, -0.15) is 0 Å². The van der Waals surface area contributed by atoms with Gasteiger partial charge in [0.2, 0.25) is 0 Å². The molecule has 3 rings (SSSR count). The number of aliphatic carboxylic acids is 2. The van der Waals surface area contributed by atoms with E-state index in [-0.39, 0.29) is 5.82 Å². The molecule has 5 nitrogen and oxygen atoms in total. The first-order valence-electron chi connectivity index (χ1n) is 10.2. The quantitative estimate of drug-likeness (QED) is 0.476. The maximum absolute atomic E-state index is 13.7. The molecule has 0 amide bonds. The van der Waals surface area contributed by atoms with Gasteiger partial charge in [0.25, 0.3) is 0 Å². The topological polar surface area (TPSA) is 77.8 Å². The molecule has 0 unspecified atom stereocenters. The lowest BCUT2D eigenvalue weighted by molar-refractivity contribution is -0.134. The minimum atomic E-state index is -1.26. The summed E-state index contributed by atoms with van der Waals surface area (Å²) in [5.41, 5.74) is 5.01. The van der Waals surface area contributed by atoms with E-state index in [1.807, 2.05) is 6.07 Å². The van der Waals surface area contributed by atoms with E-state index < -0.39 is 11.9 Å². The number of hydrogen-bond acceptors (Lipinski definition) is 4. The zero-order valence-electron chi connectivity index (χ0n) is 18.6. The van der Waals surface area contributed by atoms with E-state index in [1.54, 1.807) is 23.9 Å². The van der Waals surface area contributed by atoms with Crippen LogP contribution in [0, 0.1) is 5.82 Å². The van der Waals surface area contributed by atoms with Crippen molar-refractivity contribution in [2.75, 3.05) is 20.6 Å². The molecule has 0 bridgehead atoms. The van der Waals surface area contributed by atoms with Gasteiger partial charge in [0.05, 0.1) is 0 Å². The van der Waals surface area contributed by atoms with Crippen molar-refractivity contribution in [3.8, 4) is 0 Å². The highest BCUT2D eigenvalue weighted by Gasteiger charge is 2.22. The van der Waals surface area contributed by atoms with E-state index >= 15 is 0 Å². The molecule has 0 aliphatic carbocycles. The van der Waals surface area contributed by atoms with Crippen LogP contribution in [0.3, 0.4) is 0 Å². The molecule has 2 aromatic rings. The van der Waals surface area contributed by atoms with Crippen molar-refractivity contribution < 1.29 is 24.2 Å². The van der Waals surface area contributed by atoms with Crippen LogP contribution >= 0.6 is 11.8 Å². The van der Waals surface area contributed by atoms with Crippen LogP contribution in [0.5, 0.6) is 0 Å². The standard InChI is InChI=1S/C21H24FNS.C4H4O4/c1-14(2)15-7-10-20-19(12-15)17(6-5-11-23(3)4)18-9-8-16(22)13-21(18)24-20;5-3(6)1-2-4(7)8/h6-10,12-14H,5,11H2,1-4H3;1-2H,(H,5,6)(H,7,8). The minimum absolute atomic E-state index is 0.170. The normalized spacial score (nSPS) is 13.7. The van der Waals surface area contributed by atoms with Crippen LogP contribution in [0.15, 0.2) is 64.4 Å².